The van der Waals surface area contributed by atoms with Crippen LogP contribution in [-0.4, -0.2) is 19.1 Å². The molecular weight excluding hydrogens is 218 g/mol. The summed E-state index contributed by atoms with van der Waals surface area (Å²) in [5.74, 6) is 0.856. The SMILES string of the molecule is CCOC(=O)c1cc2c(o1)CCNC2.Cl. The van der Waals surface area contributed by atoms with Crippen molar-refractivity contribution in [2.75, 3.05) is 13.2 Å². The van der Waals surface area contributed by atoms with Gasteiger partial charge in [0.25, 0.3) is 0 Å². The molecule has 0 spiro atoms. The van der Waals surface area contributed by atoms with E-state index in [-0.39, 0.29) is 18.4 Å². The first-order valence-electron chi connectivity index (χ1n) is 4.80. The lowest BCUT2D eigenvalue weighted by Crippen LogP contribution is -2.22. The number of hydrogen-bond donors (Lipinski definition) is 1. The maximum Gasteiger partial charge on any atom is 0.374 e. The fraction of sp³-hybridized carbons (Fsp3) is 0.500. The molecule has 1 aromatic heterocycles. The molecule has 1 aliphatic rings. The Bertz CT molecular complexity index is 325. The average molecular weight is 232 g/mol. The molecule has 0 amide bonds. The number of esters is 1. The Morgan fingerprint density at radius 2 is 2.47 bits per heavy atom. The summed E-state index contributed by atoms with van der Waals surface area (Å²) in [4.78, 5) is 11.3. The van der Waals surface area contributed by atoms with Gasteiger partial charge in [-0.1, -0.05) is 0 Å². The van der Waals surface area contributed by atoms with Gasteiger partial charge < -0.3 is 14.5 Å². The van der Waals surface area contributed by atoms with Crippen molar-refractivity contribution in [1.29, 1.82) is 0 Å². The number of carbonyl (C=O) groups is 1. The van der Waals surface area contributed by atoms with E-state index in [0.717, 1.165) is 30.8 Å². The van der Waals surface area contributed by atoms with E-state index in [1.165, 1.54) is 0 Å². The monoisotopic (exact) mass is 231 g/mol. The minimum Gasteiger partial charge on any atom is -0.460 e. The van der Waals surface area contributed by atoms with Gasteiger partial charge in [-0.15, -0.1) is 12.4 Å². The zero-order chi connectivity index (χ0) is 9.97. The highest BCUT2D eigenvalue weighted by Crippen LogP contribution is 2.19. The predicted molar refractivity (Wildman–Crippen MR) is 57.3 cm³/mol. The number of halogens is 1. The molecule has 0 atom stereocenters. The Morgan fingerprint density at radius 3 is 3.13 bits per heavy atom. The van der Waals surface area contributed by atoms with Crippen molar-refractivity contribution in [3.8, 4) is 0 Å². The first-order chi connectivity index (χ1) is 6.81. The maximum atomic E-state index is 11.3. The van der Waals surface area contributed by atoms with Crippen LogP contribution in [0.15, 0.2) is 10.5 Å². The van der Waals surface area contributed by atoms with Crippen molar-refractivity contribution in [2.45, 2.75) is 19.9 Å². The highest BCUT2D eigenvalue weighted by atomic mass is 35.5. The summed E-state index contributed by atoms with van der Waals surface area (Å²) >= 11 is 0. The van der Waals surface area contributed by atoms with Crippen molar-refractivity contribution < 1.29 is 13.9 Å². The van der Waals surface area contributed by atoms with Gasteiger partial charge in [0.05, 0.1) is 6.61 Å². The summed E-state index contributed by atoms with van der Waals surface area (Å²) in [6.07, 6.45) is 0.842. The van der Waals surface area contributed by atoms with Gasteiger partial charge in [0, 0.05) is 25.1 Å². The van der Waals surface area contributed by atoms with Gasteiger partial charge in [-0.05, 0) is 13.0 Å². The van der Waals surface area contributed by atoms with E-state index in [1.807, 2.05) is 0 Å². The van der Waals surface area contributed by atoms with Crippen molar-refractivity contribution in [1.82, 2.24) is 5.32 Å². The van der Waals surface area contributed by atoms with Crippen molar-refractivity contribution in [3.63, 3.8) is 0 Å². The predicted octanol–water partition coefficient (Wildman–Crippen LogP) is 1.52. The molecule has 0 radical (unpaired) electrons. The Morgan fingerprint density at radius 1 is 1.67 bits per heavy atom. The molecule has 4 nitrogen and oxygen atoms in total. The smallest absolute Gasteiger partial charge is 0.374 e. The highest BCUT2D eigenvalue weighted by molar-refractivity contribution is 5.86. The molecule has 0 aromatic carbocycles. The maximum absolute atomic E-state index is 11.3. The molecule has 1 N–H and O–H groups in total. The number of hydrogen-bond acceptors (Lipinski definition) is 4. The third-order valence-corrected chi connectivity index (χ3v) is 2.22. The van der Waals surface area contributed by atoms with E-state index in [0.29, 0.717) is 12.4 Å². The normalized spacial score (nSPS) is 13.9. The van der Waals surface area contributed by atoms with Gasteiger partial charge in [-0.25, -0.2) is 4.79 Å². The first-order valence-corrected chi connectivity index (χ1v) is 4.80. The summed E-state index contributed by atoms with van der Waals surface area (Å²) in [5.41, 5.74) is 1.07. The van der Waals surface area contributed by atoms with Gasteiger partial charge in [0.1, 0.15) is 5.76 Å². The second kappa shape index (κ2) is 5.19. The number of rotatable bonds is 2. The Balaban J connectivity index is 0.00000112. The van der Waals surface area contributed by atoms with Gasteiger partial charge in [0.15, 0.2) is 0 Å². The highest BCUT2D eigenvalue weighted by Gasteiger charge is 2.19. The van der Waals surface area contributed by atoms with Gasteiger partial charge >= 0.3 is 5.97 Å². The lowest BCUT2D eigenvalue weighted by atomic mass is 10.1. The largest absolute Gasteiger partial charge is 0.460 e. The van der Waals surface area contributed by atoms with Crippen LogP contribution < -0.4 is 5.32 Å². The molecule has 0 aliphatic carbocycles. The van der Waals surface area contributed by atoms with Crippen molar-refractivity contribution in [3.05, 3.63) is 23.2 Å². The summed E-state index contributed by atoms with van der Waals surface area (Å²) in [5, 5.41) is 3.21. The minimum atomic E-state index is -0.373. The van der Waals surface area contributed by atoms with Crippen molar-refractivity contribution in [2.24, 2.45) is 0 Å². The topological polar surface area (TPSA) is 51.5 Å². The lowest BCUT2D eigenvalue weighted by Gasteiger charge is -2.09. The van der Waals surface area contributed by atoms with E-state index in [9.17, 15) is 4.79 Å². The fourth-order valence-corrected chi connectivity index (χ4v) is 1.56. The van der Waals surface area contributed by atoms with E-state index >= 15 is 0 Å². The Kier molecular flexibility index (Phi) is 4.17. The van der Waals surface area contributed by atoms with Gasteiger partial charge in [-0.3, -0.25) is 0 Å². The molecular formula is C10H14ClNO3. The molecule has 84 valence electrons. The molecule has 0 saturated heterocycles. The van der Waals surface area contributed by atoms with Crippen LogP contribution in [0.25, 0.3) is 0 Å². The number of fused-ring (bicyclic) bond motifs is 1. The molecule has 0 fully saturated rings. The quantitative estimate of drug-likeness (QED) is 0.785. The summed E-state index contributed by atoms with van der Waals surface area (Å²) in [7, 11) is 0. The molecule has 0 unspecified atom stereocenters. The summed E-state index contributed by atoms with van der Waals surface area (Å²) in [6, 6.07) is 1.76. The van der Waals surface area contributed by atoms with Crippen LogP contribution in [0, 0.1) is 0 Å². The molecule has 0 bridgehead atoms. The van der Waals surface area contributed by atoms with Crippen LogP contribution in [0.2, 0.25) is 0 Å². The number of ether oxygens (including phenoxy) is 1. The molecule has 1 aromatic rings. The van der Waals surface area contributed by atoms with Crippen LogP contribution >= 0.6 is 12.4 Å². The molecule has 5 heteroatoms. The summed E-state index contributed by atoms with van der Waals surface area (Å²) < 4.78 is 10.3. The molecule has 15 heavy (non-hydrogen) atoms. The number of carbonyl (C=O) groups excluding carboxylic acids is 1. The van der Waals surface area contributed by atoms with E-state index < -0.39 is 0 Å². The van der Waals surface area contributed by atoms with Gasteiger partial charge in [0.2, 0.25) is 5.76 Å². The van der Waals surface area contributed by atoms with Crippen LogP contribution in [0.1, 0.15) is 28.8 Å². The van der Waals surface area contributed by atoms with Crippen LogP contribution in [0.3, 0.4) is 0 Å². The number of furan rings is 1. The third kappa shape index (κ3) is 2.52. The van der Waals surface area contributed by atoms with Crippen molar-refractivity contribution >= 4 is 18.4 Å². The second-order valence-corrected chi connectivity index (χ2v) is 3.21. The Hall–Kier alpha value is -1.00. The van der Waals surface area contributed by atoms with Crippen LogP contribution in [0.5, 0.6) is 0 Å². The van der Waals surface area contributed by atoms with E-state index in [1.54, 1.807) is 13.0 Å². The second-order valence-electron chi connectivity index (χ2n) is 3.21. The number of nitrogens with one attached hydrogen (secondary N) is 1. The van der Waals surface area contributed by atoms with Crippen LogP contribution in [0.4, 0.5) is 0 Å². The molecule has 0 saturated carbocycles. The molecule has 2 heterocycles. The third-order valence-electron chi connectivity index (χ3n) is 2.22. The standard InChI is InChI=1S/C10H13NO3.ClH/c1-2-13-10(12)9-5-7-6-11-4-3-8(7)14-9;/h5,11H,2-4,6H2,1H3;1H. The van der Waals surface area contributed by atoms with E-state index in [2.05, 4.69) is 5.32 Å². The van der Waals surface area contributed by atoms with Crippen LogP contribution in [-0.2, 0) is 17.7 Å². The minimum absolute atomic E-state index is 0. The molecule has 2 rings (SSSR count). The summed E-state index contributed by atoms with van der Waals surface area (Å²) in [6.45, 7) is 3.84. The zero-order valence-corrected chi connectivity index (χ0v) is 9.36. The molecule has 1 aliphatic heterocycles. The van der Waals surface area contributed by atoms with Gasteiger partial charge in [-0.2, -0.15) is 0 Å². The Labute approximate surface area is 94.4 Å². The first kappa shape index (κ1) is 12.1. The van der Waals surface area contributed by atoms with E-state index in [4.69, 9.17) is 9.15 Å². The zero-order valence-electron chi connectivity index (χ0n) is 8.54. The average Bonchev–Trinajstić information content (AvgIpc) is 2.61. The fourth-order valence-electron chi connectivity index (χ4n) is 1.56. The lowest BCUT2D eigenvalue weighted by molar-refractivity contribution is 0.0488.